The molecule has 2 aliphatic heterocycles. The first-order valence-electron chi connectivity index (χ1n) is 7.56. The fourth-order valence-electron chi connectivity index (χ4n) is 2.46. The highest BCUT2D eigenvalue weighted by molar-refractivity contribution is 7.97. The number of nitrogens with zero attached hydrogens (tertiary/aromatic N) is 2. The molecule has 0 aromatic rings. The van der Waals surface area contributed by atoms with Crippen molar-refractivity contribution in [2.45, 2.75) is 44.8 Å². The van der Waals surface area contributed by atoms with Crippen molar-refractivity contribution < 1.29 is 23.1 Å². The van der Waals surface area contributed by atoms with Crippen LogP contribution >= 0.6 is 0 Å². The lowest BCUT2D eigenvalue weighted by atomic mass is 9.91. The molecule has 0 spiro atoms. The molecule has 7 nitrogen and oxygen atoms in total. The normalized spacial score (nSPS) is 23.0. The van der Waals surface area contributed by atoms with E-state index in [1.54, 1.807) is 9.80 Å². The van der Waals surface area contributed by atoms with E-state index in [9.17, 15) is 18.3 Å². The molecule has 2 rings (SSSR count). The van der Waals surface area contributed by atoms with Crippen molar-refractivity contribution in [1.29, 1.82) is 0 Å². The number of sulfone groups is 1. The minimum atomic E-state index is -3.27. The third kappa shape index (κ3) is 5.24. The second kappa shape index (κ2) is 6.16. The van der Waals surface area contributed by atoms with E-state index in [2.05, 4.69) is 0 Å². The van der Waals surface area contributed by atoms with Crippen LogP contribution in [0.3, 0.4) is 0 Å². The number of likely N-dealkylation sites (tertiary alicyclic amines) is 1. The molecule has 1 saturated heterocycles. The minimum absolute atomic E-state index is 0.289. The Bertz CT molecular complexity index is 590. The molecule has 1 N–H and O–H groups in total. The summed E-state index contributed by atoms with van der Waals surface area (Å²) in [5.74, 6) is 0. The van der Waals surface area contributed by atoms with E-state index in [4.69, 9.17) is 4.74 Å². The van der Waals surface area contributed by atoms with Gasteiger partial charge in [-0.25, -0.2) is 13.2 Å². The van der Waals surface area contributed by atoms with Crippen LogP contribution in [0.25, 0.3) is 0 Å². The van der Waals surface area contributed by atoms with E-state index >= 15 is 0 Å². The fraction of sp³-hybridized carbons (Fsp3) is 0.667. The predicted molar refractivity (Wildman–Crippen MR) is 85.9 cm³/mol. The van der Waals surface area contributed by atoms with Gasteiger partial charge in [-0.3, -0.25) is 0 Å². The van der Waals surface area contributed by atoms with E-state index in [0.29, 0.717) is 25.9 Å². The third-order valence-electron chi connectivity index (χ3n) is 3.71. The highest BCUT2D eigenvalue weighted by Gasteiger charge is 2.36. The van der Waals surface area contributed by atoms with Gasteiger partial charge in [0.15, 0.2) is 9.84 Å². The van der Waals surface area contributed by atoms with Crippen molar-refractivity contribution in [2.24, 2.45) is 0 Å². The molecule has 8 heteroatoms. The lowest BCUT2D eigenvalue weighted by Gasteiger charge is -2.40. The van der Waals surface area contributed by atoms with Crippen LogP contribution in [0.4, 0.5) is 4.79 Å². The number of rotatable bonds is 2. The standard InChI is InChI=1S/C15H24N2O5S/c1-14(2,3)22-13(18)17-6-4-15(19,5-7-17)12-16-8-10-23(20,21)11-9-16/h8-11,19H,4-7,12H2,1-3H3. The van der Waals surface area contributed by atoms with Gasteiger partial charge < -0.3 is 19.6 Å². The summed E-state index contributed by atoms with van der Waals surface area (Å²) in [6.07, 6.45) is 3.33. The quantitative estimate of drug-likeness (QED) is 0.815. The first-order valence-corrected chi connectivity index (χ1v) is 9.17. The molecule has 2 heterocycles. The smallest absolute Gasteiger partial charge is 0.410 e. The second-order valence-corrected chi connectivity index (χ2v) is 8.75. The zero-order chi connectivity index (χ0) is 17.3. The van der Waals surface area contributed by atoms with Gasteiger partial charge in [0.05, 0.1) is 23.0 Å². The highest BCUT2D eigenvalue weighted by atomic mass is 32.2. The maximum atomic E-state index is 12.0. The van der Waals surface area contributed by atoms with Gasteiger partial charge in [-0.2, -0.15) is 0 Å². The number of piperidine rings is 1. The van der Waals surface area contributed by atoms with Crippen molar-refractivity contribution in [3.05, 3.63) is 23.2 Å². The summed E-state index contributed by atoms with van der Waals surface area (Å²) in [4.78, 5) is 15.2. The zero-order valence-corrected chi connectivity index (χ0v) is 14.5. The summed E-state index contributed by atoms with van der Waals surface area (Å²) >= 11 is 0. The highest BCUT2D eigenvalue weighted by Crippen LogP contribution is 2.25. The number of aliphatic hydroxyl groups is 1. The SMILES string of the molecule is CC(C)(C)OC(=O)N1CCC(O)(CN2C=CS(=O)(=O)C=C2)CC1. The Morgan fingerprint density at radius 1 is 1.22 bits per heavy atom. The summed E-state index contributed by atoms with van der Waals surface area (Å²) in [6, 6.07) is 0. The molecule has 23 heavy (non-hydrogen) atoms. The Balaban J connectivity index is 1.88. The van der Waals surface area contributed by atoms with Crippen molar-refractivity contribution in [1.82, 2.24) is 9.80 Å². The van der Waals surface area contributed by atoms with Gasteiger partial charge in [0.25, 0.3) is 0 Å². The van der Waals surface area contributed by atoms with Crippen molar-refractivity contribution in [3.63, 3.8) is 0 Å². The molecular formula is C15H24N2O5S. The van der Waals surface area contributed by atoms with Gasteiger partial charge in [-0.05, 0) is 33.6 Å². The monoisotopic (exact) mass is 344 g/mol. The molecule has 0 saturated carbocycles. The lowest BCUT2D eigenvalue weighted by Crippen LogP contribution is -2.51. The van der Waals surface area contributed by atoms with E-state index in [1.165, 1.54) is 12.4 Å². The number of hydrogen-bond donors (Lipinski definition) is 1. The van der Waals surface area contributed by atoms with Gasteiger partial charge in [-0.15, -0.1) is 0 Å². The summed E-state index contributed by atoms with van der Waals surface area (Å²) in [5, 5.41) is 12.9. The van der Waals surface area contributed by atoms with Crippen LogP contribution in [0, 0.1) is 0 Å². The molecule has 0 aliphatic carbocycles. The number of carbonyl (C=O) groups excluding carboxylic acids is 1. The molecule has 1 amide bonds. The maximum Gasteiger partial charge on any atom is 0.410 e. The van der Waals surface area contributed by atoms with Crippen molar-refractivity contribution in [2.75, 3.05) is 19.6 Å². The van der Waals surface area contributed by atoms with Crippen LogP contribution < -0.4 is 0 Å². The van der Waals surface area contributed by atoms with Gasteiger partial charge in [0.1, 0.15) is 5.60 Å². The molecule has 0 aromatic carbocycles. The summed E-state index contributed by atoms with van der Waals surface area (Å²) in [5.41, 5.74) is -1.51. The van der Waals surface area contributed by atoms with Gasteiger partial charge in [0.2, 0.25) is 0 Å². The van der Waals surface area contributed by atoms with Gasteiger partial charge >= 0.3 is 6.09 Å². The topological polar surface area (TPSA) is 87.2 Å². The molecule has 0 bridgehead atoms. The van der Waals surface area contributed by atoms with Crippen LogP contribution in [0.2, 0.25) is 0 Å². The van der Waals surface area contributed by atoms with Crippen LogP contribution in [-0.4, -0.2) is 60.3 Å². The lowest BCUT2D eigenvalue weighted by molar-refractivity contribution is -0.0396. The fourth-order valence-corrected chi connectivity index (χ4v) is 3.20. The first kappa shape index (κ1) is 17.8. The molecule has 2 aliphatic rings. The Hall–Kier alpha value is -1.54. The molecule has 0 atom stereocenters. The van der Waals surface area contributed by atoms with E-state index in [1.807, 2.05) is 20.8 Å². The molecule has 0 aromatic heterocycles. The average Bonchev–Trinajstić information content (AvgIpc) is 2.40. The average molecular weight is 344 g/mol. The molecule has 130 valence electrons. The van der Waals surface area contributed by atoms with E-state index < -0.39 is 21.0 Å². The van der Waals surface area contributed by atoms with Crippen molar-refractivity contribution in [3.8, 4) is 0 Å². The van der Waals surface area contributed by atoms with Gasteiger partial charge in [0, 0.05) is 25.5 Å². The Morgan fingerprint density at radius 2 is 1.74 bits per heavy atom. The number of amides is 1. The summed E-state index contributed by atoms with van der Waals surface area (Å²) in [7, 11) is -3.27. The number of β-amino-alcohol motifs (C(OH)–C–C–N with tert-alkyl or cyclic N) is 1. The zero-order valence-electron chi connectivity index (χ0n) is 13.7. The van der Waals surface area contributed by atoms with Crippen LogP contribution in [0.5, 0.6) is 0 Å². The van der Waals surface area contributed by atoms with E-state index in [-0.39, 0.29) is 12.6 Å². The number of hydrogen-bond acceptors (Lipinski definition) is 6. The second-order valence-electron chi connectivity index (χ2n) is 7.02. The van der Waals surface area contributed by atoms with Crippen molar-refractivity contribution >= 4 is 15.9 Å². The van der Waals surface area contributed by atoms with Crippen LogP contribution in [0.1, 0.15) is 33.6 Å². The largest absolute Gasteiger partial charge is 0.444 e. The predicted octanol–water partition coefficient (Wildman–Crippen LogP) is 1.42. The first-order chi connectivity index (χ1) is 10.5. The maximum absolute atomic E-state index is 12.0. The molecule has 0 unspecified atom stereocenters. The van der Waals surface area contributed by atoms with Crippen LogP contribution in [0.15, 0.2) is 23.2 Å². The van der Waals surface area contributed by atoms with Crippen LogP contribution in [-0.2, 0) is 14.6 Å². The molecular weight excluding hydrogens is 320 g/mol. The Morgan fingerprint density at radius 3 is 2.22 bits per heavy atom. The Kier molecular flexibility index (Phi) is 4.77. The number of carbonyl (C=O) groups is 1. The third-order valence-corrected chi connectivity index (χ3v) is 4.71. The van der Waals surface area contributed by atoms with Gasteiger partial charge in [-0.1, -0.05) is 0 Å². The van der Waals surface area contributed by atoms with E-state index in [0.717, 1.165) is 10.8 Å². The Labute approximate surface area is 137 Å². The molecule has 0 radical (unpaired) electrons. The summed E-state index contributed by atoms with van der Waals surface area (Å²) in [6.45, 7) is 6.55. The number of ether oxygens (including phenoxy) is 1. The molecule has 1 fully saturated rings. The summed E-state index contributed by atoms with van der Waals surface area (Å²) < 4.78 is 27.9. The minimum Gasteiger partial charge on any atom is -0.444 e.